The van der Waals surface area contributed by atoms with Crippen LogP contribution in [0.1, 0.15) is 25.0 Å². The summed E-state index contributed by atoms with van der Waals surface area (Å²) in [5.41, 5.74) is 1.78. The van der Waals surface area contributed by atoms with Crippen LogP contribution in [-0.4, -0.2) is 50.9 Å². The van der Waals surface area contributed by atoms with Gasteiger partial charge < -0.3 is 15.0 Å². The maximum absolute atomic E-state index is 14.4. The Labute approximate surface area is 264 Å². The average Bonchev–Trinajstić information content (AvgIpc) is 3.02. The summed E-state index contributed by atoms with van der Waals surface area (Å²) < 4.78 is 34.4. The van der Waals surface area contributed by atoms with Gasteiger partial charge in [0, 0.05) is 24.0 Å². The summed E-state index contributed by atoms with van der Waals surface area (Å²) in [6, 6.07) is 29.7. The minimum Gasteiger partial charge on any atom is -0.497 e. The maximum Gasteiger partial charge on any atom is 0.264 e. The Balaban J connectivity index is 1.79. The summed E-state index contributed by atoms with van der Waals surface area (Å²) in [7, 11) is -2.72. The Morgan fingerprint density at radius 3 is 2.02 bits per heavy atom. The molecule has 1 atom stereocenters. The number of carbonyl (C=O) groups is 2. The van der Waals surface area contributed by atoms with Gasteiger partial charge in [-0.2, -0.15) is 0 Å². The second-order valence-electron chi connectivity index (χ2n) is 10.5. The number of halogens is 1. The highest BCUT2D eigenvalue weighted by Crippen LogP contribution is 2.27. The van der Waals surface area contributed by atoms with Gasteiger partial charge in [0.2, 0.25) is 11.8 Å². The van der Waals surface area contributed by atoms with Crippen molar-refractivity contribution < 1.29 is 22.7 Å². The van der Waals surface area contributed by atoms with Crippen molar-refractivity contribution in [1.29, 1.82) is 0 Å². The Hall–Kier alpha value is -4.34. The van der Waals surface area contributed by atoms with Crippen molar-refractivity contribution in [3.63, 3.8) is 0 Å². The van der Waals surface area contributed by atoms with Gasteiger partial charge in [-0.25, -0.2) is 8.42 Å². The number of para-hydroxylation sites is 1. The largest absolute Gasteiger partial charge is 0.497 e. The normalized spacial score (nSPS) is 11.9. The molecule has 0 spiro atoms. The van der Waals surface area contributed by atoms with Crippen LogP contribution in [0.5, 0.6) is 5.75 Å². The first-order valence-electron chi connectivity index (χ1n) is 14.2. The third-order valence-corrected chi connectivity index (χ3v) is 9.13. The van der Waals surface area contributed by atoms with Gasteiger partial charge in [-0.05, 0) is 67.4 Å². The molecule has 0 aliphatic rings. The summed E-state index contributed by atoms with van der Waals surface area (Å²) in [5.74, 6) is -0.420. The van der Waals surface area contributed by atoms with Crippen molar-refractivity contribution in [2.75, 3.05) is 18.0 Å². The van der Waals surface area contributed by atoms with E-state index in [0.29, 0.717) is 22.0 Å². The molecule has 0 aliphatic carbocycles. The fourth-order valence-electron chi connectivity index (χ4n) is 4.74. The number of anilines is 1. The van der Waals surface area contributed by atoms with E-state index in [1.165, 1.54) is 24.1 Å². The van der Waals surface area contributed by atoms with Crippen LogP contribution in [0, 0.1) is 0 Å². The summed E-state index contributed by atoms with van der Waals surface area (Å²) in [5, 5.41) is 3.37. The van der Waals surface area contributed by atoms with E-state index >= 15 is 0 Å². The van der Waals surface area contributed by atoms with Crippen LogP contribution in [0.15, 0.2) is 114 Å². The highest BCUT2D eigenvalue weighted by atomic mass is 35.5. The molecule has 0 unspecified atom stereocenters. The molecule has 0 aromatic heterocycles. The molecule has 8 nitrogen and oxygen atoms in total. The Morgan fingerprint density at radius 1 is 0.841 bits per heavy atom. The SMILES string of the molecule is COc1ccc(S(=O)(=O)N(CC(=O)N(Cc2ccccc2Cl)[C@H](Cc2ccccc2)C(=O)NC(C)C)c2ccccc2)cc1. The Morgan fingerprint density at radius 2 is 1.43 bits per heavy atom. The average molecular weight is 634 g/mol. The predicted molar refractivity (Wildman–Crippen MR) is 173 cm³/mol. The lowest BCUT2D eigenvalue weighted by Crippen LogP contribution is -2.54. The van der Waals surface area contributed by atoms with Crippen LogP contribution in [-0.2, 0) is 32.6 Å². The number of sulfonamides is 1. The highest BCUT2D eigenvalue weighted by molar-refractivity contribution is 7.92. The fourth-order valence-corrected chi connectivity index (χ4v) is 6.35. The molecule has 4 rings (SSSR count). The number of rotatable bonds is 13. The number of nitrogens with one attached hydrogen (secondary N) is 1. The molecule has 1 N–H and O–H groups in total. The standard InChI is InChI=1S/C34H36ClN3O5S/c1-25(2)36-34(40)32(22-26-12-6-4-7-13-26)37(23-27-14-10-11-17-31(27)35)33(39)24-38(28-15-8-5-9-16-28)44(41,42)30-20-18-29(43-3)19-21-30/h4-21,25,32H,22-24H2,1-3H3,(H,36,40)/t32-/m1/s1. The molecule has 0 aliphatic heterocycles. The number of hydrogen-bond donors (Lipinski definition) is 1. The molecule has 0 saturated carbocycles. The van der Waals surface area contributed by atoms with E-state index in [1.54, 1.807) is 66.7 Å². The lowest BCUT2D eigenvalue weighted by molar-refractivity contribution is -0.140. The number of amides is 2. The van der Waals surface area contributed by atoms with Crippen LogP contribution >= 0.6 is 11.6 Å². The van der Waals surface area contributed by atoms with Crippen molar-refractivity contribution in [2.45, 2.75) is 43.8 Å². The van der Waals surface area contributed by atoms with Gasteiger partial charge in [0.1, 0.15) is 18.3 Å². The first-order chi connectivity index (χ1) is 21.1. The van der Waals surface area contributed by atoms with Gasteiger partial charge in [0.15, 0.2) is 0 Å². The first-order valence-corrected chi connectivity index (χ1v) is 16.0. The number of methoxy groups -OCH3 is 1. The van der Waals surface area contributed by atoms with Gasteiger partial charge in [-0.15, -0.1) is 0 Å². The van der Waals surface area contributed by atoms with Crippen molar-refractivity contribution in [1.82, 2.24) is 10.2 Å². The van der Waals surface area contributed by atoms with Gasteiger partial charge in [-0.1, -0.05) is 78.3 Å². The first kappa shape index (κ1) is 32.6. The monoisotopic (exact) mass is 633 g/mol. The van der Waals surface area contributed by atoms with Gasteiger partial charge in [0.25, 0.3) is 10.0 Å². The van der Waals surface area contributed by atoms with Crippen LogP contribution < -0.4 is 14.4 Å². The quantitative estimate of drug-likeness (QED) is 0.204. The Kier molecular flexibility index (Phi) is 11.0. The summed E-state index contributed by atoms with van der Waals surface area (Å²) in [4.78, 5) is 29.6. The van der Waals surface area contributed by atoms with E-state index in [4.69, 9.17) is 16.3 Å². The van der Waals surface area contributed by atoms with Crippen molar-refractivity contribution in [3.05, 3.63) is 125 Å². The predicted octanol–water partition coefficient (Wildman–Crippen LogP) is 5.71. The molecule has 44 heavy (non-hydrogen) atoms. The molecule has 0 radical (unpaired) electrons. The zero-order valence-corrected chi connectivity index (χ0v) is 26.5. The van der Waals surface area contributed by atoms with E-state index in [1.807, 2.05) is 44.2 Å². The van der Waals surface area contributed by atoms with Crippen molar-refractivity contribution >= 4 is 39.1 Å². The van der Waals surface area contributed by atoms with E-state index in [-0.39, 0.29) is 29.8 Å². The zero-order valence-electron chi connectivity index (χ0n) is 24.9. The van der Waals surface area contributed by atoms with Gasteiger partial charge in [0.05, 0.1) is 17.7 Å². The van der Waals surface area contributed by atoms with E-state index in [2.05, 4.69) is 5.32 Å². The van der Waals surface area contributed by atoms with Gasteiger partial charge >= 0.3 is 0 Å². The topological polar surface area (TPSA) is 96.0 Å². The van der Waals surface area contributed by atoms with Crippen LogP contribution in [0.25, 0.3) is 0 Å². The van der Waals surface area contributed by atoms with Crippen LogP contribution in [0.4, 0.5) is 5.69 Å². The summed E-state index contributed by atoms with van der Waals surface area (Å²) in [6.45, 7) is 3.13. The number of carbonyl (C=O) groups excluding carboxylic acids is 2. The lowest BCUT2D eigenvalue weighted by atomic mass is 10.0. The second kappa shape index (κ2) is 14.9. The van der Waals surface area contributed by atoms with Gasteiger partial charge in [-0.3, -0.25) is 13.9 Å². The second-order valence-corrected chi connectivity index (χ2v) is 12.8. The molecule has 0 fully saturated rings. The Bertz CT molecular complexity index is 1650. The van der Waals surface area contributed by atoms with Crippen LogP contribution in [0.2, 0.25) is 5.02 Å². The van der Waals surface area contributed by atoms with Crippen molar-refractivity contribution in [3.8, 4) is 5.75 Å². The molecular weight excluding hydrogens is 598 g/mol. The third-order valence-electron chi connectivity index (χ3n) is 6.97. The number of ether oxygens (including phenoxy) is 1. The molecule has 0 saturated heterocycles. The lowest BCUT2D eigenvalue weighted by Gasteiger charge is -2.34. The van der Waals surface area contributed by atoms with Crippen LogP contribution in [0.3, 0.4) is 0 Å². The molecule has 230 valence electrons. The molecular formula is C34H36ClN3O5S. The van der Waals surface area contributed by atoms with E-state index in [9.17, 15) is 18.0 Å². The zero-order chi connectivity index (χ0) is 31.7. The van der Waals surface area contributed by atoms with E-state index in [0.717, 1.165) is 9.87 Å². The highest BCUT2D eigenvalue weighted by Gasteiger charge is 2.35. The molecule has 4 aromatic carbocycles. The molecule has 0 heterocycles. The maximum atomic E-state index is 14.4. The van der Waals surface area contributed by atoms with E-state index < -0.39 is 28.5 Å². The minimum absolute atomic E-state index is 0.00721. The summed E-state index contributed by atoms with van der Waals surface area (Å²) in [6.07, 6.45) is 0.214. The molecule has 4 aromatic rings. The molecule has 0 bridgehead atoms. The number of benzene rings is 4. The number of hydrogen-bond acceptors (Lipinski definition) is 5. The number of nitrogens with zero attached hydrogens (tertiary/aromatic N) is 2. The van der Waals surface area contributed by atoms with Crippen molar-refractivity contribution in [2.24, 2.45) is 0 Å². The third kappa shape index (κ3) is 8.18. The molecule has 10 heteroatoms. The summed E-state index contributed by atoms with van der Waals surface area (Å²) >= 11 is 6.53. The molecule has 2 amide bonds. The smallest absolute Gasteiger partial charge is 0.264 e. The minimum atomic E-state index is -4.21. The fraction of sp³-hybridized carbons (Fsp3) is 0.235.